The van der Waals surface area contributed by atoms with Crippen molar-refractivity contribution in [3.05, 3.63) is 69.1 Å². The third kappa shape index (κ3) is 5.96. The Morgan fingerprint density at radius 2 is 1.78 bits per heavy atom. The summed E-state index contributed by atoms with van der Waals surface area (Å²) in [4.78, 5) is 41.1. The molecule has 0 saturated heterocycles. The van der Waals surface area contributed by atoms with Crippen LogP contribution in [0.3, 0.4) is 0 Å². The van der Waals surface area contributed by atoms with Crippen molar-refractivity contribution in [2.45, 2.75) is 13.8 Å². The number of aromatic nitrogens is 1. The Bertz CT molecular complexity index is 1160. The molecular formula is C22H23N5O4S. The number of nitrogens with one attached hydrogen (secondary N) is 2. The van der Waals surface area contributed by atoms with E-state index in [9.17, 15) is 19.7 Å². The summed E-state index contributed by atoms with van der Waals surface area (Å²) in [6.45, 7) is 3.98. The molecule has 0 aliphatic rings. The van der Waals surface area contributed by atoms with Gasteiger partial charge < -0.3 is 10.6 Å². The minimum absolute atomic E-state index is 0.00589. The number of hydrogen-bond acceptors (Lipinski definition) is 7. The molecule has 3 rings (SSSR count). The zero-order valence-electron chi connectivity index (χ0n) is 17.9. The maximum absolute atomic E-state index is 12.3. The van der Waals surface area contributed by atoms with Crippen molar-refractivity contribution < 1.29 is 14.5 Å². The fourth-order valence-electron chi connectivity index (χ4n) is 3.02. The van der Waals surface area contributed by atoms with Crippen LogP contribution in [0.5, 0.6) is 0 Å². The fourth-order valence-corrected chi connectivity index (χ4v) is 3.76. The summed E-state index contributed by atoms with van der Waals surface area (Å²) in [6.07, 6.45) is 0. The molecule has 2 amide bonds. The van der Waals surface area contributed by atoms with Gasteiger partial charge in [0, 0.05) is 28.8 Å². The minimum Gasteiger partial charge on any atom is -0.325 e. The first kappa shape index (κ1) is 23.0. The van der Waals surface area contributed by atoms with Crippen LogP contribution in [0, 0.1) is 24.0 Å². The molecule has 1 heterocycles. The van der Waals surface area contributed by atoms with Crippen LogP contribution in [0.2, 0.25) is 0 Å². The van der Waals surface area contributed by atoms with Crippen LogP contribution in [0.1, 0.15) is 11.1 Å². The summed E-state index contributed by atoms with van der Waals surface area (Å²) in [5.41, 5.74) is 3.95. The van der Waals surface area contributed by atoms with E-state index in [2.05, 4.69) is 15.6 Å². The number of aryl methyl sites for hydroxylation is 1. The van der Waals surface area contributed by atoms with E-state index in [-0.39, 0.29) is 30.6 Å². The van der Waals surface area contributed by atoms with E-state index in [0.717, 1.165) is 16.8 Å². The van der Waals surface area contributed by atoms with Gasteiger partial charge in [0.15, 0.2) is 5.13 Å². The SMILES string of the molecule is Cc1cccc(NC(=O)CN(C)CC(=O)Nc2nc(-c3cccc([N+](=O)[O-])c3)cs2)c1C. The van der Waals surface area contributed by atoms with E-state index in [1.165, 1.54) is 23.5 Å². The molecule has 0 unspecified atom stereocenters. The quantitative estimate of drug-likeness (QED) is 0.395. The number of nitrogens with zero attached hydrogens (tertiary/aromatic N) is 3. The fraction of sp³-hybridized carbons (Fsp3) is 0.227. The number of anilines is 2. The maximum atomic E-state index is 12.3. The van der Waals surface area contributed by atoms with Crippen LogP contribution in [0.15, 0.2) is 47.8 Å². The first-order valence-electron chi connectivity index (χ1n) is 9.77. The highest BCUT2D eigenvalue weighted by Gasteiger charge is 2.15. The highest BCUT2D eigenvalue weighted by atomic mass is 32.1. The molecule has 0 radical (unpaired) electrons. The Morgan fingerprint density at radius 1 is 1.09 bits per heavy atom. The molecule has 0 spiro atoms. The van der Waals surface area contributed by atoms with E-state index in [1.807, 2.05) is 32.0 Å². The standard InChI is InChI=1S/C22H23N5O4S/c1-14-6-4-9-18(15(14)2)23-20(28)11-26(3)12-21(29)25-22-24-19(13-32-22)16-7-5-8-17(10-16)27(30)31/h4-10,13H,11-12H2,1-3H3,(H,23,28)(H,24,25,29). The van der Waals surface area contributed by atoms with Crippen molar-refractivity contribution in [3.63, 3.8) is 0 Å². The van der Waals surface area contributed by atoms with Crippen LogP contribution < -0.4 is 10.6 Å². The molecule has 0 fully saturated rings. The molecule has 1 aromatic heterocycles. The second-order valence-electron chi connectivity index (χ2n) is 7.36. The zero-order valence-corrected chi connectivity index (χ0v) is 18.7. The average molecular weight is 454 g/mol. The second-order valence-corrected chi connectivity index (χ2v) is 8.22. The van der Waals surface area contributed by atoms with E-state index < -0.39 is 4.92 Å². The first-order chi connectivity index (χ1) is 15.2. The van der Waals surface area contributed by atoms with Crippen molar-refractivity contribution in [2.75, 3.05) is 30.8 Å². The summed E-state index contributed by atoms with van der Waals surface area (Å²) in [6, 6.07) is 11.8. The van der Waals surface area contributed by atoms with E-state index in [0.29, 0.717) is 16.4 Å². The number of non-ortho nitro benzene ring substituents is 1. The van der Waals surface area contributed by atoms with Gasteiger partial charge in [-0.3, -0.25) is 24.6 Å². The number of amides is 2. The van der Waals surface area contributed by atoms with Gasteiger partial charge in [-0.1, -0.05) is 24.3 Å². The predicted octanol–water partition coefficient (Wildman–Crippen LogP) is 3.84. The van der Waals surface area contributed by atoms with Gasteiger partial charge in [-0.2, -0.15) is 0 Å². The molecule has 2 N–H and O–H groups in total. The first-order valence-corrected chi connectivity index (χ1v) is 10.7. The predicted molar refractivity (Wildman–Crippen MR) is 125 cm³/mol. The van der Waals surface area contributed by atoms with Gasteiger partial charge in [-0.15, -0.1) is 11.3 Å². The Balaban J connectivity index is 1.53. The molecule has 2 aromatic carbocycles. The summed E-state index contributed by atoms with van der Waals surface area (Å²) in [7, 11) is 1.68. The summed E-state index contributed by atoms with van der Waals surface area (Å²) in [5, 5.41) is 18.6. The topological polar surface area (TPSA) is 117 Å². The van der Waals surface area contributed by atoms with Crippen molar-refractivity contribution in [1.82, 2.24) is 9.88 Å². The molecular weight excluding hydrogens is 430 g/mol. The monoisotopic (exact) mass is 453 g/mol. The Kier molecular flexibility index (Phi) is 7.29. The number of thiazole rings is 1. The van der Waals surface area contributed by atoms with Gasteiger partial charge >= 0.3 is 0 Å². The van der Waals surface area contributed by atoms with Gasteiger partial charge in [-0.05, 0) is 38.1 Å². The highest BCUT2D eigenvalue weighted by Crippen LogP contribution is 2.27. The van der Waals surface area contributed by atoms with Crippen LogP contribution in [0.25, 0.3) is 11.3 Å². The van der Waals surface area contributed by atoms with Gasteiger partial charge in [0.05, 0.1) is 23.7 Å². The lowest BCUT2D eigenvalue weighted by atomic mass is 10.1. The molecule has 32 heavy (non-hydrogen) atoms. The van der Waals surface area contributed by atoms with Crippen molar-refractivity contribution in [1.29, 1.82) is 0 Å². The number of likely N-dealkylation sites (N-methyl/N-ethyl adjacent to an activating group) is 1. The van der Waals surface area contributed by atoms with Gasteiger partial charge in [0.2, 0.25) is 11.8 Å². The number of benzene rings is 2. The third-order valence-electron chi connectivity index (χ3n) is 4.81. The molecule has 9 nitrogen and oxygen atoms in total. The average Bonchev–Trinajstić information content (AvgIpc) is 3.19. The van der Waals surface area contributed by atoms with E-state index >= 15 is 0 Å². The van der Waals surface area contributed by atoms with Crippen LogP contribution >= 0.6 is 11.3 Å². The van der Waals surface area contributed by atoms with Gasteiger partial charge in [0.1, 0.15) is 0 Å². The lowest BCUT2D eigenvalue weighted by Crippen LogP contribution is -2.36. The smallest absolute Gasteiger partial charge is 0.270 e. The second kappa shape index (κ2) is 10.1. The molecule has 10 heteroatoms. The number of carbonyl (C=O) groups is 2. The van der Waals surface area contributed by atoms with E-state index in [4.69, 9.17) is 0 Å². The number of nitro groups is 1. The van der Waals surface area contributed by atoms with Crippen LogP contribution in [-0.2, 0) is 9.59 Å². The molecule has 0 atom stereocenters. The Morgan fingerprint density at radius 3 is 2.50 bits per heavy atom. The lowest BCUT2D eigenvalue weighted by Gasteiger charge is -2.16. The molecule has 166 valence electrons. The number of hydrogen-bond donors (Lipinski definition) is 2. The van der Waals surface area contributed by atoms with Crippen LogP contribution in [-0.4, -0.2) is 46.8 Å². The Labute approximate surface area is 189 Å². The summed E-state index contributed by atoms with van der Waals surface area (Å²) < 4.78 is 0. The summed E-state index contributed by atoms with van der Waals surface area (Å²) >= 11 is 1.22. The zero-order chi connectivity index (χ0) is 23.3. The number of nitro benzene ring substituents is 1. The minimum atomic E-state index is -0.467. The van der Waals surface area contributed by atoms with Gasteiger partial charge in [0.25, 0.3) is 5.69 Å². The molecule has 0 aliphatic heterocycles. The van der Waals surface area contributed by atoms with Gasteiger partial charge in [-0.25, -0.2) is 4.98 Å². The Hall–Kier alpha value is -3.63. The summed E-state index contributed by atoms with van der Waals surface area (Å²) in [5.74, 6) is -0.525. The normalized spacial score (nSPS) is 10.8. The van der Waals surface area contributed by atoms with Crippen molar-refractivity contribution in [3.8, 4) is 11.3 Å². The molecule has 3 aromatic rings. The van der Waals surface area contributed by atoms with Crippen molar-refractivity contribution in [2.24, 2.45) is 0 Å². The number of rotatable bonds is 8. The van der Waals surface area contributed by atoms with E-state index in [1.54, 1.807) is 29.5 Å². The van der Waals surface area contributed by atoms with Crippen LogP contribution in [0.4, 0.5) is 16.5 Å². The lowest BCUT2D eigenvalue weighted by molar-refractivity contribution is -0.384. The molecule has 0 bridgehead atoms. The van der Waals surface area contributed by atoms with Crippen molar-refractivity contribution >= 4 is 39.7 Å². The molecule has 0 aliphatic carbocycles. The largest absolute Gasteiger partial charge is 0.325 e. The third-order valence-corrected chi connectivity index (χ3v) is 5.57. The highest BCUT2D eigenvalue weighted by molar-refractivity contribution is 7.14. The maximum Gasteiger partial charge on any atom is 0.270 e. The number of carbonyl (C=O) groups excluding carboxylic acids is 2. The molecule has 0 saturated carbocycles.